The summed E-state index contributed by atoms with van der Waals surface area (Å²) in [4.78, 5) is 8.58. The second-order valence-corrected chi connectivity index (χ2v) is 3.22. The second kappa shape index (κ2) is 2.37. The van der Waals surface area contributed by atoms with Crippen molar-refractivity contribution in [3.8, 4) is 0 Å². The summed E-state index contributed by atoms with van der Waals surface area (Å²) in [5, 5.41) is 0. The standard InChI is InChI=1S/C9H13N3/c1-7-11(2)8-4-5-10-6-9(8)12(7)3/h4-7H,1-3H3/t7-/m1/s1. The number of anilines is 2. The monoisotopic (exact) mass is 163 g/mol. The Hall–Kier alpha value is -1.25. The van der Waals surface area contributed by atoms with Crippen molar-refractivity contribution in [2.24, 2.45) is 0 Å². The molecular formula is C9H13N3. The quantitative estimate of drug-likeness (QED) is 0.575. The molecule has 3 heteroatoms. The normalized spacial score (nSPS) is 21.4. The number of fused-ring (bicyclic) bond motifs is 1. The Labute approximate surface area is 72.6 Å². The molecule has 12 heavy (non-hydrogen) atoms. The Kier molecular flexibility index (Phi) is 1.46. The van der Waals surface area contributed by atoms with Crippen LogP contribution in [0.2, 0.25) is 0 Å². The van der Waals surface area contributed by atoms with Gasteiger partial charge in [-0.15, -0.1) is 0 Å². The number of nitrogens with zero attached hydrogens (tertiary/aromatic N) is 3. The van der Waals surface area contributed by atoms with Gasteiger partial charge in [-0.25, -0.2) is 0 Å². The van der Waals surface area contributed by atoms with E-state index >= 15 is 0 Å². The average Bonchev–Trinajstić information content (AvgIpc) is 2.33. The molecule has 0 amide bonds. The summed E-state index contributed by atoms with van der Waals surface area (Å²) in [6.07, 6.45) is 4.18. The molecule has 0 unspecified atom stereocenters. The lowest BCUT2D eigenvalue weighted by Crippen LogP contribution is -2.35. The van der Waals surface area contributed by atoms with E-state index in [1.165, 1.54) is 11.4 Å². The molecule has 1 aromatic rings. The molecule has 0 bridgehead atoms. The maximum Gasteiger partial charge on any atom is 0.0982 e. The first kappa shape index (κ1) is 7.40. The smallest absolute Gasteiger partial charge is 0.0982 e. The van der Waals surface area contributed by atoms with E-state index in [0.717, 1.165) is 0 Å². The maximum absolute atomic E-state index is 4.11. The molecular weight excluding hydrogens is 150 g/mol. The van der Waals surface area contributed by atoms with Gasteiger partial charge in [-0.05, 0) is 13.0 Å². The SMILES string of the molecule is C[C@@H]1N(C)c2ccncc2N1C. The Morgan fingerprint density at radius 1 is 1.25 bits per heavy atom. The van der Waals surface area contributed by atoms with Crippen molar-refractivity contribution >= 4 is 11.4 Å². The highest BCUT2D eigenvalue weighted by Gasteiger charge is 2.26. The van der Waals surface area contributed by atoms with Crippen LogP contribution < -0.4 is 9.80 Å². The van der Waals surface area contributed by atoms with E-state index in [1.54, 1.807) is 0 Å². The van der Waals surface area contributed by atoms with Crippen LogP contribution in [0.1, 0.15) is 6.92 Å². The fourth-order valence-corrected chi connectivity index (χ4v) is 1.61. The van der Waals surface area contributed by atoms with Gasteiger partial charge in [0.05, 0.1) is 23.7 Å². The highest BCUT2D eigenvalue weighted by atomic mass is 15.4. The van der Waals surface area contributed by atoms with Gasteiger partial charge in [0.25, 0.3) is 0 Å². The molecule has 0 aromatic carbocycles. The van der Waals surface area contributed by atoms with Crippen LogP contribution in [-0.4, -0.2) is 25.2 Å². The number of hydrogen-bond donors (Lipinski definition) is 0. The largest absolute Gasteiger partial charge is 0.353 e. The highest BCUT2D eigenvalue weighted by Crippen LogP contribution is 2.35. The third-order valence-corrected chi connectivity index (χ3v) is 2.66. The second-order valence-electron chi connectivity index (χ2n) is 3.22. The van der Waals surface area contributed by atoms with E-state index in [-0.39, 0.29) is 0 Å². The fraction of sp³-hybridized carbons (Fsp3) is 0.444. The van der Waals surface area contributed by atoms with Crippen LogP contribution in [0.3, 0.4) is 0 Å². The van der Waals surface area contributed by atoms with Crippen molar-refractivity contribution in [1.82, 2.24) is 4.98 Å². The van der Waals surface area contributed by atoms with E-state index in [0.29, 0.717) is 6.17 Å². The van der Waals surface area contributed by atoms with Crippen LogP contribution in [0.4, 0.5) is 11.4 Å². The molecule has 0 saturated heterocycles. The van der Waals surface area contributed by atoms with E-state index < -0.39 is 0 Å². The maximum atomic E-state index is 4.11. The zero-order chi connectivity index (χ0) is 8.72. The van der Waals surface area contributed by atoms with Crippen LogP contribution in [0.15, 0.2) is 18.5 Å². The summed E-state index contributed by atoms with van der Waals surface area (Å²) in [6.45, 7) is 2.18. The fourth-order valence-electron chi connectivity index (χ4n) is 1.61. The third kappa shape index (κ3) is 0.793. The topological polar surface area (TPSA) is 19.4 Å². The predicted molar refractivity (Wildman–Crippen MR) is 50.5 cm³/mol. The van der Waals surface area contributed by atoms with Gasteiger partial charge in [-0.3, -0.25) is 4.98 Å². The molecule has 2 rings (SSSR count). The molecule has 2 heterocycles. The molecule has 1 aliphatic heterocycles. The predicted octanol–water partition coefficient (Wildman–Crippen LogP) is 1.31. The van der Waals surface area contributed by atoms with Crippen LogP contribution in [0.5, 0.6) is 0 Å². The molecule has 1 aliphatic rings. The third-order valence-electron chi connectivity index (χ3n) is 2.66. The summed E-state index contributed by atoms with van der Waals surface area (Å²) >= 11 is 0. The minimum Gasteiger partial charge on any atom is -0.353 e. The van der Waals surface area contributed by atoms with E-state index in [1.807, 2.05) is 12.4 Å². The van der Waals surface area contributed by atoms with Gasteiger partial charge in [0.1, 0.15) is 0 Å². The molecule has 0 radical (unpaired) electrons. The first-order chi connectivity index (χ1) is 5.72. The first-order valence-corrected chi connectivity index (χ1v) is 4.11. The summed E-state index contributed by atoms with van der Waals surface area (Å²) in [6, 6.07) is 2.05. The molecule has 3 nitrogen and oxygen atoms in total. The van der Waals surface area contributed by atoms with Crippen molar-refractivity contribution in [3.63, 3.8) is 0 Å². The van der Waals surface area contributed by atoms with Gasteiger partial charge in [-0.2, -0.15) is 0 Å². The van der Waals surface area contributed by atoms with Crippen molar-refractivity contribution in [2.45, 2.75) is 13.1 Å². The zero-order valence-corrected chi connectivity index (χ0v) is 7.65. The van der Waals surface area contributed by atoms with Gasteiger partial charge in [0.2, 0.25) is 0 Å². The lowest BCUT2D eigenvalue weighted by molar-refractivity contribution is 0.709. The lowest BCUT2D eigenvalue weighted by Gasteiger charge is -2.23. The van der Waals surface area contributed by atoms with Crippen LogP contribution in [0.25, 0.3) is 0 Å². The van der Waals surface area contributed by atoms with Gasteiger partial charge in [0.15, 0.2) is 0 Å². The Balaban J connectivity index is 2.52. The summed E-state index contributed by atoms with van der Waals surface area (Å²) in [5.41, 5.74) is 2.48. The summed E-state index contributed by atoms with van der Waals surface area (Å²) in [5.74, 6) is 0. The molecule has 0 N–H and O–H groups in total. The van der Waals surface area contributed by atoms with E-state index in [9.17, 15) is 0 Å². The molecule has 0 fully saturated rings. The molecule has 0 aliphatic carbocycles. The van der Waals surface area contributed by atoms with Gasteiger partial charge >= 0.3 is 0 Å². The van der Waals surface area contributed by atoms with Gasteiger partial charge in [0, 0.05) is 20.3 Å². The van der Waals surface area contributed by atoms with E-state index in [4.69, 9.17) is 0 Å². The van der Waals surface area contributed by atoms with Gasteiger partial charge < -0.3 is 9.80 Å². The van der Waals surface area contributed by atoms with Crippen molar-refractivity contribution in [3.05, 3.63) is 18.5 Å². The highest BCUT2D eigenvalue weighted by molar-refractivity contribution is 5.75. The zero-order valence-electron chi connectivity index (χ0n) is 7.65. The number of aromatic nitrogens is 1. The molecule has 0 spiro atoms. The van der Waals surface area contributed by atoms with Gasteiger partial charge in [-0.1, -0.05) is 0 Å². The molecule has 1 atom stereocenters. The Morgan fingerprint density at radius 2 is 1.92 bits per heavy atom. The number of hydrogen-bond acceptors (Lipinski definition) is 3. The van der Waals surface area contributed by atoms with Crippen LogP contribution in [0, 0.1) is 0 Å². The first-order valence-electron chi connectivity index (χ1n) is 4.11. The van der Waals surface area contributed by atoms with Crippen LogP contribution >= 0.6 is 0 Å². The summed E-state index contributed by atoms with van der Waals surface area (Å²) < 4.78 is 0. The Morgan fingerprint density at radius 3 is 2.58 bits per heavy atom. The number of rotatable bonds is 0. The lowest BCUT2D eigenvalue weighted by atomic mass is 10.3. The minimum absolute atomic E-state index is 0.434. The van der Waals surface area contributed by atoms with E-state index in [2.05, 4.69) is 41.9 Å². The Bertz CT molecular complexity index is 269. The molecule has 64 valence electrons. The van der Waals surface area contributed by atoms with Crippen molar-refractivity contribution < 1.29 is 0 Å². The summed E-state index contributed by atoms with van der Waals surface area (Å²) in [7, 11) is 4.20. The van der Waals surface area contributed by atoms with Crippen LogP contribution in [-0.2, 0) is 0 Å². The molecule has 0 saturated carbocycles. The van der Waals surface area contributed by atoms with Crippen molar-refractivity contribution in [1.29, 1.82) is 0 Å². The average molecular weight is 163 g/mol. The van der Waals surface area contributed by atoms with Crippen molar-refractivity contribution in [2.75, 3.05) is 23.9 Å². The molecule has 1 aromatic heterocycles. The minimum atomic E-state index is 0.434. The number of pyridine rings is 1.